The van der Waals surface area contributed by atoms with Crippen molar-refractivity contribution in [2.24, 2.45) is 0 Å². The van der Waals surface area contributed by atoms with Crippen molar-refractivity contribution in [1.29, 1.82) is 0 Å². The maximum Gasteiger partial charge on any atom is 0.470 e. The zero-order valence-corrected chi connectivity index (χ0v) is 16.6. The number of hydrogen-bond donors (Lipinski definition) is 0. The van der Waals surface area contributed by atoms with Crippen molar-refractivity contribution in [2.75, 3.05) is 0 Å². The maximum atomic E-state index is 12.0. The molecule has 0 aliphatic carbocycles. The Morgan fingerprint density at radius 2 is 0.900 bits per heavy atom. The number of sulfone groups is 3. The SMILES string of the molecule is CC[n+]1ccccc1.O=S(=O)([C-](S(=O)(=O)C(F)(F)F)S(=O)(=O)C(F)(F)F)C(F)(F)F. The van der Waals surface area contributed by atoms with Gasteiger partial charge in [0.2, 0.25) is 0 Å². The Bertz CT molecular complexity index is 922. The molecule has 0 aromatic carbocycles. The van der Waals surface area contributed by atoms with Gasteiger partial charge in [-0.25, -0.2) is 4.57 Å². The molecular weight excluding hydrogens is 509 g/mol. The van der Waals surface area contributed by atoms with Crippen molar-refractivity contribution in [3.8, 4) is 0 Å². The monoisotopic (exact) mass is 519 g/mol. The minimum absolute atomic E-state index is 1.06. The van der Waals surface area contributed by atoms with E-state index in [2.05, 4.69) is 23.9 Å². The van der Waals surface area contributed by atoms with E-state index in [1.807, 2.05) is 18.2 Å². The smallest absolute Gasteiger partial charge is 0.251 e. The lowest BCUT2D eigenvalue weighted by atomic mass is 10.5. The number of alkyl halides is 9. The predicted octanol–water partition coefficient (Wildman–Crippen LogP) is 2.23. The minimum Gasteiger partial charge on any atom is -0.251 e. The van der Waals surface area contributed by atoms with E-state index in [4.69, 9.17) is 0 Å². The summed E-state index contributed by atoms with van der Waals surface area (Å²) in [5.41, 5.74) is -21.2. The third-order valence-corrected chi connectivity index (χ3v) is 9.81. The number of aryl methyl sites for hydroxylation is 1. The van der Waals surface area contributed by atoms with Crippen molar-refractivity contribution >= 4 is 29.5 Å². The van der Waals surface area contributed by atoms with Gasteiger partial charge in [-0.05, 0) is 6.92 Å². The molecule has 176 valence electrons. The normalized spacial score (nSPS) is 14.2. The number of aromatic nitrogens is 1. The molecule has 0 amide bonds. The predicted molar refractivity (Wildman–Crippen MR) is 80.5 cm³/mol. The van der Waals surface area contributed by atoms with Crippen molar-refractivity contribution in [2.45, 2.75) is 30.0 Å². The number of rotatable bonds is 4. The van der Waals surface area contributed by atoms with Gasteiger partial charge in [-0.3, -0.25) is 25.3 Å². The van der Waals surface area contributed by atoms with Crippen LogP contribution in [0.15, 0.2) is 30.6 Å². The topological polar surface area (TPSA) is 106 Å². The summed E-state index contributed by atoms with van der Waals surface area (Å²) in [5.74, 6) is 0. The molecule has 1 rings (SSSR count). The molecule has 1 heterocycles. The first kappa shape index (κ1) is 28.4. The van der Waals surface area contributed by atoms with Gasteiger partial charge >= 0.3 is 16.5 Å². The summed E-state index contributed by atoms with van der Waals surface area (Å²) in [6.45, 7) is 3.18. The highest BCUT2D eigenvalue weighted by atomic mass is 32.3. The molecule has 0 aliphatic heterocycles. The molecule has 19 heteroatoms. The van der Waals surface area contributed by atoms with E-state index in [0.717, 1.165) is 6.54 Å². The Labute approximate surface area is 163 Å². The standard InChI is InChI=1S/C7H10N.C4F9O6S3/c1-2-8-6-4-3-5-7-8;5-2(6,7)20(14,15)1(21(16,17)3(8,9)10)22(18,19)4(11,12)13/h3-7H,2H2,1H3;/q+1;-1. The lowest BCUT2D eigenvalue weighted by molar-refractivity contribution is -0.693. The van der Waals surface area contributed by atoms with E-state index in [0.29, 0.717) is 0 Å². The quantitative estimate of drug-likeness (QED) is 0.343. The average Bonchev–Trinajstić information content (AvgIpc) is 2.52. The van der Waals surface area contributed by atoms with Gasteiger partial charge in [0, 0.05) is 12.1 Å². The fourth-order valence-corrected chi connectivity index (χ4v) is 7.10. The molecule has 0 radical (unpaired) electrons. The lowest BCUT2D eigenvalue weighted by Crippen LogP contribution is -2.47. The van der Waals surface area contributed by atoms with Crippen LogP contribution in [0.5, 0.6) is 0 Å². The third-order valence-electron chi connectivity index (χ3n) is 2.71. The third kappa shape index (κ3) is 5.96. The van der Waals surface area contributed by atoms with Crippen molar-refractivity contribution in [1.82, 2.24) is 0 Å². The van der Waals surface area contributed by atoms with Crippen LogP contribution in [-0.2, 0) is 36.1 Å². The zero-order chi connectivity index (χ0) is 24.4. The Morgan fingerprint density at radius 1 is 0.633 bits per heavy atom. The highest BCUT2D eigenvalue weighted by molar-refractivity contribution is 8.29. The average molecular weight is 519 g/mol. The second kappa shape index (κ2) is 8.85. The molecule has 0 unspecified atom stereocenters. The fourth-order valence-electron chi connectivity index (χ4n) is 1.36. The van der Waals surface area contributed by atoms with Crippen molar-refractivity contribution < 1.29 is 69.3 Å². The second-order valence-corrected chi connectivity index (χ2v) is 11.2. The van der Waals surface area contributed by atoms with Crippen LogP contribution in [-0.4, -0.2) is 41.8 Å². The fraction of sp³-hybridized carbons (Fsp3) is 0.455. The van der Waals surface area contributed by atoms with Crippen molar-refractivity contribution in [3.63, 3.8) is 0 Å². The van der Waals surface area contributed by atoms with Gasteiger partial charge in [0.1, 0.15) is 6.54 Å². The van der Waals surface area contributed by atoms with Gasteiger partial charge in [-0.2, -0.15) is 39.5 Å². The molecule has 0 saturated heterocycles. The maximum absolute atomic E-state index is 12.0. The highest BCUT2D eigenvalue weighted by Gasteiger charge is 2.63. The van der Waals surface area contributed by atoms with Crippen LogP contribution in [0, 0.1) is 3.91 Å². The first-order chi connectivity index (χ1) is 13.0. The van der Waals surface area contributed by atoms with Crippen LogP contribution < -0.4 is 4.57 Å². The van der Waals surface area contributed by atoms with Gasteiger partial charge in [0.15, 0.2) is 41.9 Å². The Hall–Kier alpha value is -1.63. The van der Waals surface area contributed by atoms with E-state index in [-0.39, 0.29) is 0 Å². The van der Waals surface area contributed by atoms with Gasteiger partial charge in [0.25, 0.3) is 0 Å². The first-order valence-electron chi connectivity index (χ1n) is 6.80. The van der Waals surface area contributed by atoms with E-state index >= 15 is 0 Å². The summed E-state index contributed by atoms with van der Waals surface area (Å²) >= 11 is 0. The Kier molecular flexibility index (Phi) is 8.37. The molecule has 1 aromatic heterocycles. The van der Waals surface area contributed by atoms with Gasteiger partial charge in [-0.15, -0.1) is 0 Å². The molecule has 30 heavy (non-hydrogen) atoms. The Morgan fingerprint density at radius 3 is 1.07 bits per heavy atom. The van der Waals surface area contributed by atoms with Crippen LogP contribution >= 0.6 is 0 Å². The van der Waals surface area contributed by atoms with Crippen LogP contribution in [0.1, 0.15) is 6.92 Å². The summed E-state index contributed by atoms with van der Waals surface area (Å²) in [7, 11) is -24.1. The van der Waals surface area contributed by atoms with E-state index in [9.17, 15) is 64.8 Å². The molecule has 0 bridgehead atoms. The molecule has 0 fully saturated rings. The number of pyridine rings is 1. The van der Waals surface area contributed by atoms with E-state index < -0.39 is 50.0 Å². The molecule has 0 N–H and O–H groups in total. The summed E-state index contributed by atoms with van der Waals surface area (Å²) in [4.78, 5) is 0. The molecule has 0 atom stereocenters. The zero-order valence-electron chi connectivity index (χ0n) is 14.1. The molecule has 1 aromatic rings. The summed E-state index contributed by atoms with van der Waals surface area (Å²) in [5, 5.41) is 0. The number of hydrogen-bond acceptors (Lipinski definition) is 6. The summed E-state index contributed by atoms with van der Waals surface area (Å²) in [6, 6.07) is 6.08. The molecule has 0 spiro atoms. The lowest BCUT2D eigenvalue weighted by Gasteiger charge is -2.31. The first-order valence-corrected chi connectivity index (χ1v) is 11.2. The minimum atomic E-state index is -8.02. The summed E-state index contributed by atoms with van der Waals surface area (Å²) in [6.07, 6.45) is 4.11. The van der Waals surface area contributed by atoms with Gasteiger partial charge < -0.3 is 0 Å². The molecular formula is C11H10F9NO6S3. The number of nitrogens with zero attached hydrogens (tertiary/aromatic N) is 1. The molecule has 0 saturated carbocycles. The van der Waals surface area contributed by atoms with Crippen LogP contribution in [0.2, 0.25) is 0 Å². The van der Waals surface area contributed by atoms with Crippen LogP contribution in [0.4, 0.5) is 39.5 Å². The van der Waals surface area contributed by atoms with Gasteiger partial charge in [-0.1, -0.05) is 6.07 Å². The Balaban J connectivity index is 0.000000867. The second-order valence-electron chi connectivity index (χ2n) is 4.80. The van der Waals surface area contributed by atoms with Gasteiger partial charge in [0.05, 0.1) is 3.91 Å². The molecule has 0 aliphatic rings. The van der Waals surface area contributed by atoms with Crippen LogP contribution in [0.3, 0.4) is 0 Å². The van der Waals surface area contributed by atoms with E-state index in [1.165, 1.54) is 0 Å². The van der Waals surface area contributed by atoms with Crippen molar-refractivity contribution in [3.05, 3.63) is 34.5 Å². The van der Waals surface area contributed by atoms with E-state index in [1.54, 1.807) is 0 Å². The molecule has 7 nitrogen and oxygen atoms in total. The number of halogens is 9. The van der Waals surface area contributed by atoms with Crippen LogP contribution in [0.25, 0.3) is 0 Å². The summed E-state index contributed by atoms with van der Waals surface area (Å²) < 4.78 is 170. The largest absolute Gasteiger partial charge is 0.470 e. The highest BCUT2D eigenvalue weighted by Crippen LogP contribution is 2.47.